The van der Waals surface area contributed by atoms with E-state index in [1.165, 1.54) is 12.1 Å². The second kappa shape index (κ2) is 9.50. The van der Waals surface area contributed by atoms with E-state index in [9.17, 15) is 14.0 Å². The molecular weight excluding hydrogens is 371 g/mol. The van der Waals surface area contributed by atoms with Crippen LogP contribution in [0, 0.1) is 12.7 Å². The van der Waals surface area contributed by atoms with Gasteiger partial charge < -0.3 is 15.4 Å². The molecule has 5 nitrogen and oxygen atoms in total. The highest BCUT2D eigenvalue weighted by Crippen LogP contribution is 2.19. The summed E-state index contributed by atoms with van der Waals surface area (Å²) in [7, 11) is 0. The predicted octanol–water partition coefficient (Wildman–Crippen LogP) is 4.08. The molecule has 0 unspecified atom stereocenters. The van der Waals surface area contributed by atoms with Crippen LogP contribution in [0.3, 0.4) is 0 Å². The average molecular weight is 392 g/mol. The molecule has 0 spiro atoms. The number of para-hydroxylation sites is 1. The molecule has 0 fully saturated rings. The van der Waals surface area contributed by atoms with Crippen molar-refractivity contribution in [2.24, 2.45) is 0 Å². The minimum absolute atomic E-state index is 0.296. The Morgan fingerprint density at radius 1 is 0.966 bits per heavy atom. The maximum atomic E-state index is 13.4. The summed E-state index contributed by atoms with van der Waals surface area (Å²) in [6, 6.07) is 20.4. The van der Waals surface area contributed by atoms with Gasteiger partial charge in [-0.1, -0.05) is 48.5 Å². The molecule has 3 rings (SSSR count). The minimum Gasteiger partial charge on any atom is -0.483 e. The lowest BCUT2D eigenvalue weighted by atomic mass is 10.1. The number of nitrogens with one attached hydrogen (secondary N) is 2. The number of anilines is 1. The lowest BCUT2D eigenvalue weighted by Crippen LogP contribution is -2.25. The zero-order chi connectivity index (χ0) is 20.6. The number of halogens is 1. The maximum Gasteiger partial charge on any atom is 0.262 e. The number of ether oxygens (including phenoxy) is 1. The van der Waals surface area contributed by atoms with Gasteiger partial charge in [0, 0.05) is 12.2 Å². The smallest absolute Gasteiger partial charge is 0.262 e. The largest absolute Gasteiger partial charge is 0.483 e. The molecule has 3 aromatic rings. The third-order valence-electron chi connectivity index (χ3n) is 4.26. The first kappa shape index (κ1) is 20.1. The van der Waals surface area contributed by atoms with E-state index in [2.05, 4.69) is 10.6 Å². The van der Waals surface area contributed by atoms with Gasteiger partial charge in [0.15, 0.2) is 6.61 Å². The second-order valence-electron chi connectivity index (χ2n) is 6.46. The highest BCUT2D eigenvalue weighted by atomic mass is 19.1. The number of hydrogen-bond acceptors (Lipinski definition) is 3. The van der Waals surface area contributed by atoms with Crippen molar-refractivity contribution in [3.05, 3.63) is 95.3 Å². The van der Waals surface area contributed by atoms with Crippen LogP contribution in [0.25, 0.3) is 0 Å². The Morgan fingerprint density at radius 2 is 1.69 bits per heavy atom. The van der Waals surface area contributed by atoms with Gasteiger partial charge in [0.25, 0.3) is 11.8 Å². The van der Waals surface area contributed by atoms with Crippen LogP contribution in [0.4, 0.5) is 10.1 Å². The Morgan fingerprint density at radius 3 is 2.48 bits per heavy atom. The van der Waals surface area contributed by atoms with E-state index in [0.29, 0.717) is 23.5 Å². The lowest BCUT2D eigenvalue weighted by molar-refractivity contribution is -0.118. The van der Waals surface area contributed by atoms with Crippen LogP contribution in [0.5, 0.6) is 5.75 Å². The molecule has 0 atom stereocenters. The molecule has 29 heavy (non-hydrogen) atoms. The highest BCUT2D eigenvalue weighted by molar-refractivity contribution is 5.97. The summed E-state index contributed by atoms with van der Waals surface area (Å²) in [6.07, 6.45) is 0. The summed E-state index contributed by atoms with van der Waals surface area (Å²) in [5, 5.41) is 5.45. The number of aryl methyl sites for hydroxylation is 1. The van der Waals surface area contributed by atoms with Gasteiger partial charge >= 0.3 is 0 Å². The van der Waals surface area contributed by atoms with Gasteiger partial charge in [0.05, 0.1) is 5.56 Å². The molecule has 0 aliphatic rings. The van der Waals surface area contributed by atoms with E-state index in [4.69, 9.17) is 4.74 Å². The molecule has 2 N–H and O–H groups in total. The van der Waals surface area contributed by atoms with E-state index in [0.717, 1.165) is 11.1 Å². The molecule has 2 amide bonds. The molecule has 0 aliphatic heterocycles. The highest BCUT2D eigenvalue weighted by Gasteiger charge is 2.14. The van der Waals surface area contributed by atoms with Crippen molar-refractivity contribution in [2.45, 2.75) is 13.5 Å². The SMILES string of the molecule is Cc1ccc(F)cc1NC(=O)COc1ccccc1C(=O)NCc1ccccc1. The van der Waals surface area contributed by atoms with Crippen LogP contribution in [-0.4, -0.2) is 18.4 Å². The number of hydrogen-bond donors (Lipinski definition) is 2. The van der Waals surface area contributed by atoms with Gasteiger partial charge in [0.1, 0.15) is 11.6 Å². The first-order valence-corrected chi connectivity index (χ1v) is 9.13. The number of rotatable bonds is 7. The maximum absolute atomic E-state index is 13.4. The Bertz CT molecular complexity index is 1010. The van der Waals surface area contributed by atoms with Gasteiger partial charge in [-0.2, -0.15) is 0 Å². The van der Waals surface area contributed by atoms with Crippen molar-refractivity contribution in [3.63, 3.8) is 0 Å². The predicted molar refractivity (Wildman–Crippen MR) is 109 cm³/mol. The van der Waals surface area contributed by atoms with E-state index < -0.39 is 11.7 Å². The van der Waals surface area contributed by atoms with Crippen molar-refractivity contribution in [1.82, 2.24) is 5.32 Å². The van der Waals surface area contributed by atoms with E-state index in [-0.39, 0.29) is 12.5 Å². The zero-order valence-corrected chi connectivity index (χ0v) is 15.9. The standard InChI is InChI=1S/C23H21FN2O3/c1-16-11-12-18(24)13-20(16)26-22(27)15-29-21-10-6-5-9-19(21)23(28)25-14-17-7-3-2-4-8-17/h2-13H,14-15H2,1H3,(H,25,28)(H,26,27). The van der Waals surface area contributed by atoms with Gasteiger partial charge in [-0.05, 0) is 42.3 Å². The van der Waals surface area contributed by atoms with Gasteiger partial charge in [-0.25, -0.2) is 4.39 Å². The van der Waals surface area contributed by atoms with Crippen LogP contribution in [0.15, 0.2) is 72.8 Å². The number of benzene rings is 3. The van der Waals surface area contributed by atoms with Crippen molar-refractivity contribution in [1.29, 1.82) is 0 Å². The zero-order valence-electron chi connectivity index (χ0n) is 15.9. The molecule has 3 aromatic carbocycles. The first-order chi connectivity index (χ1) is 14.0. The van der Waals surface area contributed by atoms with E-state index >= 15 is 0 Å². The monoisotopic (exact) mass is 392 g/mol. The van der Waals surface area contributed by atoms with Crippen LogP contribution >= 0.6 is 0 Å². The van der Waals surface area contributed by atoms with Gasteiger partial charge in [0.2, 0.25) is 0 Å². The molecular formula is C23H21FN2O3. The van der Waals surface area contributed by atoms with Crippen LogP contribution < -0.4 is 15.4 Å². The van der Waals surface area contributed by atoms with Crippen LogP contribution in [-0.2, 0) is 11.3 Å². The Hall–Kier alpha value is -3.67. The fourth-order valence-corrected chi connectivity index (χ4v) is 2.71. The number of carbonyl (C=O) groups is 2. The minimum atomic E-state index is -0.446. The van der Waals surface area contributed by atoms with Crippen molar-refractivity contribution in [3.8, 4) is 5.75 Å². The molecule has 0 heterocycles. The molecule has 6 heteroatoms. The fraction of sp³-hybridized carbons (Fsp3) is 0.130. The first-order valence-electron chi connectivity index (χ1n) is 9.13. The molecule has 148 valence electrons. The van der Waals surface area contributed by atoms with Crippen LogP contribution in [0.1, 0.15) is 21.5 Å². The lowest BCUT2D eigenvalue weighted by Gasteiger charge is -2.13. The molecule has 0 bridgehead atoms. The summed E-state index contributed by atoms with van der Waals surface area (Å²) < 4.78 is 18.9. The van der Waals surface area contributed by atoms with E-state index in [1.54, 1.807) is 37.3 Å². The third kappa shape index (κ3) is 5.65. The van der Waals surface area contributed by atoms with Crippen molar-refractivity contribution in [2.75, 3.05) is 11.9 Å². The second-order valence-corrected chi connectivity index (χ2v) is 6.46. The Balaban J connectivity index is 1.60. The van der Waals surface area contributed by atoms with Gasteiger partial charge in [-0.15, -0.1) is 0 Å². The molecule has 0 radical (unpaired) electrons. The van der Waals surface area contributed by atoms with Crippen molar-refractivity contribution < 1.29 is 18.7 Å². The summed E-state index contributed by atoms with van der Waals surface area (Å²) >= 11 is 0. The molecule has 0 aliphatic carbocycles. The summed E-state index contributed by atoms with van der Waals surface area (Å²) in [6.45, 7) is 1.84. The van der Waals surface area contributed by atoms with Gasteiger partial charge in [-0.3, -0.25) is 9.59 Å². The van der Waals surface area contributed by atoms with Crippen molar-refractivity contribution >= 4 is 17.5 Å². The molecule has 0 saturated heterocycles. The third-order valence-corrected chi connectivity index (χ3v) is 4.26. The normalized spacial score (nSPS) is 10.3. The van der Waals surface area contributed by atoms with Crippen LogP contribution in [0.2, 0.25) is 0 Å². The fourth-order valence-electron chi connectivity index (χ4n) is 2.71. The summed E-state index contributed by atoms with van der Waals surface area (Å²) in [4.78, 5) is 24.7. The number of amides is 2. The summed E-state index contributed by atoms with van der Waals surface area (Å²) in [5.74, 6) is -0.888. The van der Waals surface area contributed by atoms with E-state index in [1.807, 2.05) is 30.3 Å². The molecule has 0 saturated carbocycles. The topological polar surface area (TPSA) is 67.4 Å². The number of carbonyl (C=O) groups excluding carboxylic acids is 2. The Labute approximate surface area is 168 Å². The average Bonchev–Trinajstić information content (AvgIpc) is 2.74. The molecule has 0 aromatic heterocycles. The Kier molecular flexibility index (Phi) is 6.58. The quantitative estimate of drug-likeness (QED) is 0.637. The summed E-state index contributed by atoms with van der Waals surface area (Å²) in [5.41, 5.74) is 2.43.